The lowest BCUT2D eigenvalue weighted by Gasteiger charge is -2.09. The first-order chi connectivity index (χ1) is 7.67. The van der Waals surface area contributed by atoms with Crippen LogP contribution in [0.15, 0.2) is 18.2 Å². The van der Waals surface area contributed by atoms with Crippen molar-refractivity contribution in [1.82, 2.24) is 10.3 Å². The number of nitrogens with zero attached hydrogens (tertiary/aromatic N) is 1. The van der Waals surface area contributed by atoms with E-state index in [9.17, 15) is 4.79 Å². The van der Waals surface area contributed by atoms with Gasteiger partial charge >= 0.3 is 5.97 Å². The molecule has 1 aromatic rings. The number of carbonyl (C=O) groups is 1. The molecule has 0 fully saturated rings. The third-order valence-electron chi connectivity index (χ3n) is 2.16. The molecule has 1 atom stereocenters. The maximum absolute atomic E-state index is 10.7. The Morgan fingerprint density at radius 1 is 1.69 bits per heavy atom. The molecule has 16 heavy (non-hydrogen) atoms. The highest BCUT2D eigenvalue weighted by atomic mass is 16.4. The van der Waals surface area contributed by atoms with Gasteiger partial charge < -0.3 is 5.11 Å². The van der Waals surface area contributed by atoms with E-state index >= 15 is 0 Å². The standard InChI is InChI=1S/C12H14N2O2/c1-3-9(4-2)13-8-10-6-5-7-11(14-10)12(15)16/h1,5-7,9,13H,4,8H2,2H3,(H,15,16). The summed E-state index contributed by atoms with van der Waals surface area (Å²) in [5, 5.41) is 11.9. The van der Waals surface area contributed by atoms with Crippen LogP contribution in [-0.2, 0) is 6.54 Å². The summed E-state index contributed by atoms with van der Waals surface area (Å²) < 4.78 is 0. The molecular weight excluding hydrogens is 204 g/mol. The number of rotatable bonds is 5. The monoisotopic (exact) mass is 218 g/mol. The zero-order valence-corrected chi connectivity index (χ0v) is 9.10. The first kappa shape index (κ1) is 12.2. The number of hydrogen-bond donors (Lipinski definition) is 2. The van der Waals surface area contributed by atoms with Gasteiger partial charge in [-0.15, -0.1) is 6.42 Å². The lowest BCUT2D eigenvalue weighted by Crippen LogP contribution is -2.26. The van der Waals surface area contributed by atoms with E-state index in [1.165, 1.54) is 6.07 Å². The van der Waals surface area contributed by atoms with E-state index in [-0.39, 0.29) is 11.7 Å². The molecule has 1 rings (SSSR count). The molecule has 0 saturated carbocycles. The number of nitrogens with one attached hydrogen (secondary N) is 1. The summed E-state index contributed by atoms with van der Waals surface area (Å²) in [6, 6.07) is 4.90. The zero-order valence-electron chi connectivity index (χ0n) is 9.10. The Morgan fingerprint density at radius 3 is 3.00 bits per heavy atom. The average Bonchev–Trinajstić information content (AvgIpc) is 2.31. The number of pyridine rings is 1. The van der Waals surface area contributed by atoms with Gasteiger partial charge in [0.2, 0.25) is 0 Å². The summed E-state index contributed by atoms with van der Waals surface area (Å²) in [4.78, 5) is 14.7. The minimum absolute atomic E-state index is 0.00437. The molecule has 2 N–H and O–H groups in total. The molecule has 4 nitrogen and oxygen atoms in total. The van der Waals surface area contributed by atoms with Crippen molar-refractivity contribution in [2.45, 2.75) is 25.9 Å². The van der Waals surface area contributed by atoms with Crippen LogP contribution in [0.1, 0.15) is 29.5 Å². The van der Waals surface area contributed by atoms with Gasteiger partial charge in [0.15, 0.2) is 0 Å². The Balaban J connectivity index is 2.64. The molecule has 0 aromatic carbocycles. The zero-order chi connectivity index (χ0) is 12.0. The molecule has 0 saturated heterocycles. The van der Waals surface area contributed by atoms with Crippen molar-refractivity contribution in [3.05, 3.63) is 29.6 Å². The number of carboxylic acids is 1. The van der Waals surface area contributed by atoms with Gasteiger partial charge in [0.05, 0.1) is 11.7 Å². The van der Waals surface area contributed by atoms with E-state index in [0.29, 0.717) is 12.2 Å². The van der Waals surface area contributed by atoms with Gasteiger partial charge in [0.1, 0.15) is 5.69 Å². The fraction of sp³-hybridized carbons (Fsp3) is 0.333. The largest absolute Gasteiger partial charge is 0.477 e. The van der Waals surface area contributed by atoms with Gasteiger partial charge in [-0.25, -0.2) is 9.78 Å². The van der Waals surface area contributed by atoms with E-state index in [0.717, 1.165) is 6.42 Å². The molecule has 0 aliphatic carbocycles. The van der Waals surface area contributed by atoms with Gasteiger partial charge in [0.25, 0.3) is 0 Å². The van der Waals surface area contributed by atoms with Gasteiger partial charge in [-0.1, -0.05) is 18.9 Å². The molecular formula is C12H14N2O2. The van der Waals surface area contributed by atoms with Crippen LogP contribution in [0.5, 0.6) is 0 Å². The van der Waals surface area contributed by atoms with Crippen molar-refractivity contribution in [2.24, 2.45) is 0 Å². The van der Waals surface area contributed by atoms with Crippen molar-refractivity contribution < 1.29 is 9.90 Å². The lowest BCUT2D eigenvalue weighted by molar-refractivity contribution is 0.0690. The van der Waals surface area contributed by atoms with E-state index in [2.05, 4.69) is 16.2 Å². The first-order valence-electron chi connectivity index (χ1n) is 5.06. The normalized spacial score (nSPS) is 11.8. The van der Waals surface area contributed by atoms with Gasteiger partial charge in [0, 0.05) is 6.54 Å². The fourth-order valence-electron chi connectivity index (χ4n) is 1.25. The summed E-state index contributed by atoms with van der Waals surface area (Å²) in [5.41, 5.74) is 0.724. The van der Waals surface area contributed by atoms with Gasteiger partial charge in [-0.3, -0.25) is 5.32 Å². The summed E-state index contributed by atoms with van der Waals surface area (Å²) in [6.45, 7) is 2.46. The van der Waals surface area contributed by atoms with E-state index in [1.807, 2.05) is 6.92 Å². The molecule has 1 aromatic heterocycles. The molecule has 1 unspecified atom stereocenters. The van der Waals surface area contributed by atoms with Crippen molar-refractivity contribution >= 4 is 5.97 Å². The van der Waals surface area contributed by atoms with E-state index in [1.54, 1.807) is 12.1 Å². The van der Waals surface area contributed by atoms with Crippen molar-refractivity contribution in [3.8, 4) is 12.3 Å². The van der Waals surface area contributed by atoms with Gasteiger partial charge in [-0.05, 0) is 18.6 Å². The molecule has 84 valence electrons. The predicted octanol–water partition coefficient (Wildman–Crippen LogP) is 1.28. The van der Waals surface area contributed by atoms with E-state index < -0.39 is 5.97 Å². The van der Waals surface area contributed by atoms with Crippen LogP contribution in [-0.4, -0.2) is 22.1 Å². The minimum atomic E-state index is -1.02. The topological polar surface area (TPSA) is 62.2 Å². The summed E-state index contributed by atoms with van der Waals surface area (Å²) in [5.74, 6) is 1.58. The predicted molar refractivity (Wildman–Crippen MR) is 60.9 cm³/mol. The third kappa shape index (κ3) is 3.37. The Hall–Kier alpha value is -1.86. The van der Waals surface area contributed by atoms with Crippen LogP contribution in [0.3, 0.4) is 0 Å². The van der Waals surface area contributed by atoms with Crippen LogP contribution >= 0.6 is 0 Å². The Bertz CT molecular complexity index is 410. The first-order valence-corrected chi connectivity index (χ1v) is 5.06. The molecule has 1 heterocycles. The third-order valence-corrected chi connectivity index (χ3v) is 2.16. The number of aromatic carboxylic acids is 1. The summed E-state index contributed by atoms with van der Waals surface area (Å²) in [6.07, 6.45) is 6.13. The Morgan fingerprint density at radius 2 is 2.44 bits per heavy atom. The van der Waals surface area contributed by atoms with E-state index in [4.69, 9.17) is 11.5 Å². The molecule has 0 aliphatic heterocycles. The maximum Gasteiger partial charge on any atom is 0.354 e. The highest BCUT2D eigenvalue weighted by molar-refractivity contribution is 5.85. The van der Waals surface area contributed by atoms with Crippen molar-refractivity contribution in [2.75, 3.05) is 0 Å². The maximum atomic E-state index is 10.7. The number of aromatic nitrogens is 1. The second-order valence-electron chi connectivity index (χ2n) is 3.33. The smallest absolute Gasteiger partial charge is 0.354 e. The van der Waals surface area contributed by atoms with Crippen LogP contribution in [0.25, 0.3) is 0 Å². The highest BCUT2D eigenvalue weighted by Crippen LogP contribution is 2.00. The van der Waals surface area contributed by atoms with Crippen molar-refractivity contribution in [3.63, 3.8) is 0 Å². The summed E-state index contributed by atoms with van der Waals surface area (Å²) >= 11 is 0. The molecule has 0 aliphatic rings. The highest BCUT2D eigenvalue weighted by Gasteiger charge is 2.06. The molecule has 0 bridgehead atoms. The van der Waals surface area contributed by atoms with Crippen LogP contribution < -0.4 is 5.32 Å². The number of carboxylic acid groups (broad SMARTS) is 1. The quantitative estimate of drug-likeness (QED) is 0.731. The lowest BCUT2D eigenvalue weighted by atomic mass is 10.2. The van der Waals surface area contributed by atoms with Gasteiger partial charge in [-0.2, -0.15) is 0 Å². The minimum Gasteiger partial charge on any atom is -0.477 e. The second-order valence-corrected chi connectivity index (χ2v) is 3.33. The Kier molecular flexibility index (Phi) is 4.49. The second kappa shape index (κ2) is 5.89. The summed E-state index contributed by atoms with van der Waals surface area (Å²) in [7, 11) is 0. The van der Waals surface area contributed by atoms with Crippen LogP contribution in [0.2, 0.25) is 0 Å². The molecule has 0 radical (unpaired) electrons. The fourth-order valence-corrected chi connectivity index (χ4v) is 1.25. The molecule has 4 heteroatoms. The number of terminal acetylenes is 1. The van der Waals surface area contributed by atoms with Crippen LogP contribution in [0.4, 0.5) is 0 Å². The average molecular weight is 218 g/mol. The molecule has 0 spiro atoms. The number of hydrogen-bond acceptors (Lipinski definition) is 3. The Labute approximate surface area is 94.7 Å². The van der Waals surface area contributed by atoms with Crippen molar-refractivity contribution in [1.29, 1.82) is 0 Å². The SMILES string of the molecule is C#CC(CC)NCc1cccc(C(=O)O)n1. The molecule has 0 amide bonds. The van der Waals surface area contributed by atoms with Crippen LogP contribution in [0, 0.1) is 12.3 Å².